The Hall–Kier alpha value is -3.14. The lowest BCUT2D eigenvalue weighted by Crippen LogP contribution is -2.40. The largest absolute Gasteiger partial charge is 0.445 e. The average molecular weight is 347 g/mol. The summed E-state index contributed by atoms with van der Waals surface area (Å²) in [5, 5.41) is 1.89. The van der Waals surface area contributed by atoms with Gasteiger partial charge in [-0.3, -0.25) is 4.79 Å². The van der Waals surface area contributed by atoms with Crippen LogP contribution < -0.4 is 0 Å². The van der Waals surface area contributed by atoms with E-state index in [0.29, 0.717) is 5.56 Å². The van der Waals surface area contributed by atoms with Gasteiger partial charge in [0.25, 0.3) is 0 Å². The summed E-state index contributed by atoms with van der Waals surface area (Å²) in [6.45, 7) is 1.90. The molecule has 0 spiro atoms. The van der Waals surface area contributed by atoms with E-state index in [1.807, 2.05) is 66.7 Å². The fourth-order valence-electron chi connectivity index (χ4n) is 2.82. The molecule has 0 aromatic heterocycles. The van der Waals surface area contributed by atoms with Crippen molar-refractivity contribution in [1.82, 2.24) is 4.90 Å². The van der Waals surface area contributed by atoms with E-state index in [2.05, 4.69) is 0 Å². The molecule has 0 N–H and O–H groups in total. The molecule has 0 saturated carbocycles. The zero-order chi connectivity index (χ0) is 18.5. The number of carbonyl (C=O) groups excluding carboxylic acids is 2. The van der Waals surface area contributed by atoms with Gasteiger partial charge in [0, 0.05) is 12.6 Å². The number of fused-ring (bicyclic) bond motifs is 1. The molecule has 132 valence electrons. The molecule has 0 aliphatic rings. The van der Waals surface area contributed by atoms with Crippen molar-refractivity contribution >= 4 is 22.6 Å². The first kappa shape index (κ1) is 17.7. The van der Waals surface area contributed by atoms with E-state index in [1.54, 1.807) is 20.0 Å². The number of ether oxygens (including phenoxy) is 1. The summed E-state index contributed by atoms with van der Waals surface area (Å²) >= 11 is 0. The van der Waals surface area contributed by atoms with Crippen LogP contribution in [0, 0.1) is 0 Å². The monoisotopic (exact) mass is 347 g/mol. The Bertz CT molecular complexity index is 916. The molecule has 4 heteroatoms. The maximum absolute atomic E-state index is 12.9. The van der Waals surface area contributed by atoms with Gasteiger partial charge in [0.2, 0.25) is 0 Å². The first-order valence-electron chi connectivity index (χ1n) is 8.53. The van der Waals surface area contributed by atoms with Crippen molar-refractivity contribution in [2.75, 3.05) is 7.05 Å². The van der Waals surface area contributed by atoms with Crippen LogP contribution in [-0.4, -0.2) is 29.9 Å². The number of ketones is 1. The van der Waals surface area contributed by atoms with Crippen LogP contribution in [0.4, 0.5) is 4.79 Å². The van der Waals surface area contributed by atoms with Gasteiger partial charge in [0.1, 0.15) is 6.61 Å². The van der Waals surface area contributed by atoms with Gasteiger partial charge in [-0.25, -0.2) is 4.79 Å². The maximum Gasteiger partial charge on any atom is 0.410 e. The molecule has 3 rings (SSSR count). The molecule has 26 heavy (non-hydrogen) atoms. The molecule has 3 aromatic carbocycles. The molecule has 0 bridgehead atoms. The van der Waals surface area contributed by atoms with Crippen LogP contribution in [0.3, 0.4) is 0 Å². The number of hydrogen-bond donors (Lipinski definition) is 0. The zero-order valence-electron chi connectivity index (χ0n) is 14.9. The van der Waals surface area contributed by atoms with Crippen LogP contribution in [0.25, 0.3) is 10.8 Å². The predicted molar refractivity (Wildman–Crippen MR) is 102 cm³/mol. The topological polar surface area (TPSA) is 46.6 Å². The highest BCUT2D eigenvalue weighted by Gasteiger charge is 2.25. The molecule has 1 unspecified atom stereocenters. The van der Waals surface area contributed by atoms with Crippen molar-refractivity contribution < 1.29 is 14.3 Å². The number of amides is 1. The van der Waals surface area contributed by atoms with Gasteiger partial charge in [0.05, 0.1) is 6.04 Å². The third-order valence-corrected chi connectivity index (χ3v) is 4.51. The fraction of sp³-hybridized carbons (Fsp3) is 0.182. The Morgan fingerprint density at radius 3 is 2.35 bits per heavy atom. The van der Waals surface area contributed by atoms with E-state index in [9.17, 15) is 9.59 Å². The van der Waals surface area contributed by atoms with E-state index < -0.39 is 12.1 Å². The zero-order valence-corrected chi connectivity index (χ0v) is 14.9. The van der Waals surface area contributed by atoms with Crippen LogP contribution in [0.15, 0.2) is 72.8 Å². The SMILES string of the molecule is CC(C(=O)c1cccc2ccccc12)N(C)C(=O)OCc1ccccc1. The van der Waals surface area contributed by atoms with Crippen LogP contribution >= 0.6 is 0 Å². The van der Waals surface area contributed by atoms with Gasteiger partial charge >= 0.3 is 6.09 Å². The van der Waals surface area contributed by atoms with Crippen molar-refractivity contribution in [1.29, 1.82) is 0 Å². The third kappa shape index (κ3) is 3.75. The molecule has 4 nitrogen and oxygen atoms in total. The number of Topliss-reactive ketones (excluding diaryl/α,β-unsaturated/α-hetero) is 1. The van der Waals surface area contributed by atoms with E-state index >= 15 is 0 Å². The summed E-state index contributed by atoms with van der Waals surface area (Å²) in [7, 11) is 1.58. The molecule has 3 aromatic rings. The van der Waals surface area contributed by atoms with Gasteiger partial charge in [-0.15, -0.1) is 0 Å². The molecular weight excluding hydrogens is 326 g/mol. The summed E-state index contributed by atoms with van der Waals surface area (Å²) in [6.07, 6.45) is -0.519. The second-order valence-corrected chi connectivity index (χ2v) is 6.22. The smallest absolute Gasteiger partial charge is 0.410 e. The van der Waals surface area contributed by atoms with E-state index in [-0.39, 0.29) is 12.4 Å². The van der Waals surface area contributed by atoms with Crippen molar-refractivity contribution in [3.05, 3.63) is 83.9 Å². The maximum atomic E-state index is 12.9. The average Bonchev–Trinajstić information content (AvgIpc) is 2.70. The second kappa shape index (κ2) is 7.83. The Balaban J connectivity index is 1.71. The van der Waals surface area contributed by atoms with Crippen molar-refractivity contribution in [3.8, 4) is 0 Å². The van der Waals surface area contributed by atoms with Gasteiger partial charge in [-0.2, -0.15) is 0 Å². The highest BCUT2D eigenvalue weighted by Crippen LogP contribution is 2.21. The Morgan fingerprint density at radius 1 is 0.923 bits per heavy atom. The lowest BCUT2D eigenvalue weighted by molar-refractivity contribution is 0.0742. The number of nitrogens with zero attached hydrogens (tertiary/aromatic N) is 1. The van der Waals surface area contributed by atoms with Crippen molar-refractivity contribution in [2.24, 2.45) is 0 Å². The molecule has 0 aliphatic heterocycles. The van der Waals surface area contributed by atoms with Crippen LogP contribution in [0.1, 0.15) is 22.8 Å². The molecule has 1 atom stereocenters. The van der Waals surface area contributed by atoms with Gasteiger partial charge in [-0.1, -0.05) is 72.8 Å². The molecular formula is C22H21NO3. The number of likely N-dealkylation sites (N-methyl/N-ethyl adjacent to an activating group) is 1. The van der Waals surface area contributed by atoms with Crippen molar-refractivity contribution in [3.63, 3.8) is 0 Å². The Kier molecular flexibility index (Phi) is 5.32. The summed E-state index contributed by atoms with van der Waals surface area (Å²) in [5.74, 6) is -0.110. The lowest BCUT2D eigenvalue weighted by atomic mass is 9.98. The lowest BCUT2D eigenvalue weighted by Gasteiger charge is -2.23. The number of carbonyl (C=O) groups is 2. The normalized spacial score (nSPS) is 11.8. The van der Waals surface area contributed by atoms with Gasteiger partial charge < -0.3 is 9.64 Å². The molecule has 0 saturated heterocycles. The Morgan fingerprint density at radius 2 is 1.58 bits per heavy atom. The second-order valence-electron chi connectivity index (χ2n) is 6.22. The minimum atomic E-state index is -0.621. The molecule has 1 amide bonds. The third-order valence-electron chi connectivity index (χ3n) is 4.51. The molecule has 0 fully saturated rings. The van der Waals surface area contributed by atoms with E-state index in [4.69, 9.17) is 4.74 Å². The van der Waals surface area contributed by atoms with Gasteiger partial charge in [-0.05, 0) is 23.3 Å². The first-order chi connectivity index (χ1) is 12.6. The van der Waals surface area contributed by atoms with Crippen LogP contribution in [0.5, 0.6) is 0 Å². The standard InChI is InChI=1S/C22H21NO3/c1-16(23(2)22(25)26-15-17-9-4-3-5-10-17)21(24)20-14-8-12-18-11-6-7-13-19(18)20/h3-14,16H,15H2,1-2H3. The van der Waals surface area contributed by atoms with E-state index in [0.717, 1.165) is 16.3 Å². The molecule has 0 aliphatic carbocycles. The number of hydrogen-bond acceptors (Lipinski definition) is 3. The molecule has 0 radical (unpaired) electrons. The quantitative estimate of drug-likeness (QED) is 0.630. The number of benzene rings is 3. The van der Waals surface area contributed by atoms with Crippen LogP contribution in [-0.2, 0) is 11.3 Å². The highest BCUT2D eigenvalue weighted by molar-refractivity contribution is 6.10. The fourth-order valence-corrected chi connectivity index (χ4v) is 2.82. The number of rotatable bonds is 5. The Labute approximate surface area is 153 Å². The molecule has 0 heterocycles. The van der Waals surface area contributed by atoms with E-state index in [1.165, 1.54) is 4.90 Å². The summed E-state index contributed by atoms with van der Waals surface area (Å²) in [6, 6.07) is 22.2. The summed E-state index contributed by atoms with van der Waals surface area (Å²) < 4.78 is 5.32. The first-order valence-corrected chi connectivity index (χ1v) is 8.53. The highest BCUT2D eigenvalue weighted by atomic mass is 16.6. The van der Waals surface area contributed by atoms with Crippen LogP contribution in [0.2, 0.25) is 0 Å². The summed E-state index contributed by atoms with van der Waals surface area (Å²) in [5.41, 5.74) is 1.51. The van der Waals surface area contributed by atoms with Crippen molar-refractivity contribution in [2.45, 2.75) is 19.6 Å². The predicted octanol–water partition coefficient (Wildman–Crippen LogP) is 4.68. The minimum absolute atomic E-state index is 0.110. The summed E-state index contributed by atoms with van der Waals surface area (Å²) in [4.78, 5) is 26.6. The van der Waals surface area contributed by atoms with Gasteiger partial charge in [0.15, 0.2) is 5.78 Å². The minimum Gasteiger partial charge on any atom is -0.445 e.